The van der Waals surface area contributed by atoms with Gasteiger partial charge in [0.1, 0.15) is 5.75 Å². The highest BCUT2D eigenvalue weighted by Crippen LogP contribution is 2.20. The van der Waals surface area contributed by atoms with Gasteiger partial charge < -0.3 is 15.7 Å². The Balaban J connectivity index is 2.22. The lowest BCUT2D eigenvalue weighted by atomic mass is 10.1. The summed E-state index contributed by atoms with van der Waals surface area (Å²) in [6, 6.07) is 14.0. The zero-order valence-corrected chi connectivity index (χ0v) is 10.7. The zero-order chi connectivity index (χ0) is 13.7. The molecule has 0 aliphatic heterocycles. The summed E-state index contributed by atoms with van der Waals surface area (Å²) in [5.74, 6) is -0.340. The molecule has 0 heterocycles. The van der Waals surface area contributed by atoms with Gasteiger partial charge in [-0.25, -0.2) is 0 Å². The summed E-state index contributed by atoms with van der Waals surface area (Å²) < 4.78 is 0. The van der Waals surface area contributed by atoms with Gasteiger partial charge in [-0.3, -0.25) is 4.79 Å². The standard InChI is InChI=1S/C15H16N2O2/c1-16-10-11-6-2-4-8-13(11)17-15(19)12-7-3-5-9-14(12)18/h2-9,16,18H,10H2,1H3,(H,17,19). The molecular weight excluding hydrogens is 240 g/mol. The highest BCUT2D eigenvalue weighted by molar-refractivity contribution is 6.06. The van der Waals surface area contributed by atoms with Gasteiger partial charge in [0, 0.05) is 12.2 Å². The number of phenols is 1. The second-order valence-electron chi connectivity index (χ2n) is 4.16. The van der Waals surface area contributed by atoms with Crippen LogP contribution in [0.15, 0.2) is 48.5 Å². The number of rotatable bonds is 4. The number of anilines is 1. The highest BCUT2D eigenvalue weighted by atomic mass is 16.3. The largest absolute Gasteiger partial charge is 0.507 e. The maximum absolute atomic E-state index is 12.1. The van der Waals surface area contributed by atoms with E-state index >= 15 is 0 Å². The Hall–Kier alpha value is -2.33. The smallest absolute Gasteiger partial charge is 0.259 e. The minimum absolute atomic E-state index is 0.0221. The summed E-state index contributed by atoms with van der Waals surface area (Å²) in [4.78, 5) is 12.1. The van der Waals surface area contributed by atoms with Crippen molar-refractivity contribution in [2.75, 3.05) is 12.4 Å². The Kier molecular flexibility index (Phi) is 4.15. The highest BCUT2D eigenvalue weighted by Gasteiger charge is 2.11. The summed E-state index contributed by atoms with van der Waals surface area (Å²) in [5, 5.41) is 15.5. The van der Waals surface area contributed by atoms with E-state index in [-0.39, 0.29) is 17.2 Å². The van der Waals surface area contributed by atoms with E-state index in [2.05, 4.69) is 10.6 Å². The molecule has 0 fully saturated rings. The molecule has 0 aliphatic carbocycles. The Morgan fingerprint density at radius 1 is 1.11 bits per heavy atom. The summed E-state index contributed by atoms with van der Waals surface area (Å²) in [6.07, 6.45) is 0. The van der Waals surface area contributed by atoms with Crippen LogP contribution in [0.4, 0.5) is 5.69 Å². The predicted octanol–water partition coefficient (Wildman–Crippen LogP) is 2.36. The van der Waals surface area contributed by atoms with Crippen molar-refractivity contribution in [3.8, 4) is 5.75 Å². The number of carbonyl (C=O) groups excluding carboxylic acids is 1. The van der Waals surface area contributed by atoms with Crippen molar-refractivity contribution in [3.63, 3.8) is 0 Å². The lowest BCUT2D eigenvalue weighted by molar-refractivity contribution is 0.102. The van der Waals surface area contributed by atoms with E-state index in [9.17, 15) is 9.90 Å². The van der Waals surface area contributed by atoms with Crippen molar-refractivity contribution >= 4 is 11.6 Å². The molecule has 4 nitrogen and oxygen atoms in total. The first-order chi connectivity index (χ1) is 9.22. The van der Waals surface area contributed by atoms with Crippen molar-refractivity contribution in [1.82, 2.24) is 5.32 Å². The van der Waals surface area contributed by atoms with Crippen molar-refractivity contribution in [3.05, 3.63) is 59.7 Å². The molecule has 0 saturated carbocycles. The van der Waals surface area contributed by atoms with Crippen molar-refractivity contribution in [1.29, 1.82) is 0 Å². The van der Waals surface area contributed by atoms with Gasteiger partial charge in [0.15, 0.2) is 0 Å². The number of carbonyl (C=O) groups is 1. The summed E-state index contributed by atoms with van der Waals surface area (Å²) in [6.45, 7) is 0.664. The number of amides is 1. The van der Waals surface area contributed by atoms with Gasteiger partial charge in [-0.05, 0) is 30.8 Å². The molecule has 2 rings (SSSR count). The van der Waals surface area contributed by atoms with Crippen LogP contribution in [-0.2, 0) is 6.54 Å². The van der Waals surface area contributed by atoms with Crippen molar-refractivity contribution in [2.24, 2.45) is 0 Å². The van der Waals surface area contributed by atoms with Crippen molar-refractivity contribution in [2.45, 2.75) is 6.54 Å². The first kappa shape index (κ1) is 13.1. The minimum atomic E-state index is -0.318. The molecule has 0 radical (unpaired) electrons. The molecule has 0 saturated heterocycles. The maximum atomic E-state index is 12.1. The van der Waals surface area contributed by atoms with Gasteiger partial charge in [-0.2, -0.15) is 0 Å². The van der Waals surface area contributed by atoms with Gasteiger partial charge in [0.2, 0.25) is 0 Å². The first-order valence-electron chi connectivity index (χ1n) is 6.04. The summed E-state index contributed by atoms with van der Waals surface area (Å²) >= 11 is 0. The van der Waals surface area contributed by atoms with Crippen LogP contribution in [0.25, 0.3) is 0 Å². The fourth-order valence-corrected chi connectivity index (χ4v) is 1.84. The van der Waals surface area contributed by atoms with Crippen LogP contribution >= 0.6 is 0 Å². The fraction of sp³-hybridized carbons (Fsp3) is 0.133. The van der Waals surface area contributed by atoms with Crippen LogP contribution in [0.2, 0.25) is 0 Å². The third kappa shape index (κ3) is 3.11. The topological polar surface area (TPSA) is 61.4 Å². The number of nitrogens with one attached hydrogen (secondary N) is 2. The Morgan fingerprint density at radius 3 is 2.53 bits per heavy atom. The van der Waals surface area contributed by atoms with E-state index in [0.717, 1.165) is 11.3 Å². The van der Waals surface area contributed by atoms with Crippen molar-refractivity contribution < 1.29 is 9.90 Å². The monoisotopic (exact) mass is 256 g/mol. The van der Waals surface area contributed by atoms with Gasteiger partial charge in [0.05, 0.1) is 5.56 Å². The summed E-state index contributed by atoms with van der Waals surface area (Å²) in [7, 11) is 1.85. The van der Waals surface area contributed by atoms with Gasteiger partial charge in [0.25, 0.3) is 5.91 Å². The Bertz CT molecular complexity index is 582. The first-order valence-corrected chi connectivity index (χ1v) is 6.04. The average Bonchev–Trinajstić information content (AvgIpc) is 2.41. The molecule has 98 valence electrons. The molecule has 0 unspecified atom stereocenters. The third-order valence-corrected chi connectivity index (χ3v) is 2.78. The lowest BCUT2D eigenvalue weighted by Gasteiger charge is -2.11. The number of hydrogen-bond acceptors (Lipinski definition) is 3. The SMILES string of the molecule is CNCc1ccccc1NC(=O)c1ccccc1O. The van der Waals surface area contributed by atoms with E-state index < -0.39 is 0 Å². The molecule has 2 aromatic rings. The van der Waals surface area contributed by atoms with Crippen LogP contribution in [0.5, 0.6) is 5.75 Å². The van der Waals surface area contributed by atoms with Crippen LogP contribution in [0, 0.1) is 0 Å². The third-order valence-electron chi connectivity index (χ3n) is 2.78. The molecule has 4 heteroatoms. The van der Waals surface area contributed by atoms with Gasteiger partial charge >= 0.3 is 0 Å². The fourth-order valence-electron chi connectivity index (χ4n) is 1.84. The molecule has 19 heavy (non-hydrogen) atoms. The van der Waals surface area contributed by atoms with E-state index in [1.54, 1.807) is 18.2 Å². The average molecular weight is 256 g/mol. The maximum Gasteiger partial charge on any atom is 0.259 e. The molecule has 0 bridgehead atoms. The minimum Gasteiger partial charge on any atom is -0.507 e. The second-order valence-corrected chi connectivity index (χ2v) is 4.16. The Labute approximate surface area is 112 Å². The number of phenolic OH excluding ortho intramolecular Hbond substituents is 1. The predicted molar refractivity (Wildman–Crippen MR) is 75.3 cm³/mol. The van der Waals surface area contributed by atoms with Gasteiger partial charge in [-0.1, -0.05) is 30.3 Å². The van der Waals surface area contributed by atoms with Crippen LogP contribution in [0.3, 0.4) is 0 Å². The number of para-hydroxylation sites is 2. The quantitative estimate of drug-likeness (QED) is 0.787. The second kappa shape index (κ2) is 6.02. The van der Waals surface area contributed by atoms with E-state index in [0.29, 0.717) is 6.54 Å². The normalized spacial score (nSPS) is 10.2. The molecule has 0 aliphatic rings. The molecule has 2 aromatic carbocycles. The number of aromatic hydroxyl groups is 1. The summed E-state index contributed by atoms with van der Waals surface area (Å²) in [5.41, 5.74) is 2.00. The Morgan fingerprint density at radius 2 is 1.79 bits per heavy atom. The molecule has 0 atom stereocenters. The van der Waals surface area contributed by atoms with Crippen LogP contribution in [-0.4, -0.2) is 18.1 Å². The number of benzene rings is 2. The zero-order valence-electron chi connectivity index (χ0n) is 10.7. The molecule has 1 amide bonds. The van der Waals surface area contributed by atoms with E-state index in [4.69, 9.17) is 0 Å². The van der Waals surface area contributed by atoms with Gasteiger partial charge in [-0.15, -0.1) is 0 Å². The molecule has 3 N–H and O–H groups in total. The molecule has 0 aromatic heterocycles. The van der Waals surface area contributed by atoms with Crippen LogP contribution < -0.4 is 10.6 Å². The molecule has 0 spiro atoms. The van der Waals surface area contributed by atoms with Crippen LogP contribution in [0.1, 0.15) is 15.9 Å². The molecular formula is C15H16N2O2. The lowest BCUT2D eigenvalue weighted by Crippen LogP contribution is -2.15. The number of hydrogen-bond donors (Lipinski definition) is 3. The van der Waals surface area contributed by atoms with E-state index in [1.807, 2.05) is 31.3 Å². The van der Waals surface area contributed by atoms with E-state index in [1.165, 1.54) is 6.07 Å².